The number of nitrogens with one attached hydrogen (secondary N) is 1. The topological polar surface area (TPSA) is 85.1 Å². The fourth-order valence-corrected chi connectivity index (χ4v) is 3.82. The number of aromatic nitrogens is 2. The third kappa shape index (κ3) is 4.09. The molecular formula is C22H19N3O3S. The third-order valence-corrected chi connectivity index (χ3v) is 5.36. The van der Waals surface area contributed by atoms with Crippen molar-refractivity contribution in [3.8, 4) is 11.3 Å². The molecule has 0 bridgehead atoms. The van der Waals surface area contributed by atoms with E-state index in [-0.39, 0.29) is 11.3 Å². The zero-order valence-corrected chi connectivity index (χ0v) is 16.9. The summed E-state index contributed by atoms with van der Waals surface area (Å²) in [6.45, 7) is 4.00. The first-order valence-corrected chi connectivity index (χ1v) is 10.1. The van der Waals surface area contributed by atoms with Crippen molar-refractivity contribution in [3.63, 3.8) is 0 Å². The van der Waals surface area contributed by atoms with E-state index in [0.717, 1.165) is 29.0 Å². The molecule has 29 heavy (non-hydrogen) atoms. The molecule has 0 aliphatic heterocycles. The lowest BCUT2D eigenvalue weighted by Gasteiger charge is -2.05. The summed E-state index contributed by atoms with van der Waals surface area (Å²) in [5.41, 5.74) is 2.66. The van der Waals surface area contributed by atoms with Crippen LogP contribution in [0.25, 0.3) is 22.3 Å². The number of hydrogen-bond acceptors (Lipinski definition) is 6. The van der Waals surface area contributed by atoms with E-state index in [1.165, 1.54) is 17.4 Å². The molecule has 0 atom stereocenters. The molecule has 0 spiro atoms. The van der Waals surface area contributed by atoms with Crippen LogP contribution in [0, 0.1) is 6.92 Å². The second kappa shape index (κ2) is 7.97. The first kappa shape index (κ1) is 19.0. The van der Waals surface area contributed by atoms with E-state index in [4.69, 9.17) is 4.42 Å². The minimum absolute atomic E-state index is 0.0917. The van der Waals surface area contributed by atoms with Crippen molar-refractivity contribution in [2.24, 2.45) is 0 Å². The predicted molar refractivity (Wildman–Crippen MR) is 115 cm³/mol. The van der Waals surface area contributed by atoms with Gasteiger partial charge < -0.3 is 4.42 Å². The number of fused-ring (bicyclic) bond motifs is 1. The summed E-state index contributed by atoms with van der Waals surface area (Å²) >= 11 is 1.38. The Balaban J connectivity index is 1.55. The molecule has 0 saturated heterocycles. The molecule has 7 heteroatoms. The SMILES string of the molecule is CCCc1nnc(NC(=O)c2ccc(-c3cc(=O)c4cc(C)ccc4o3)cc2)s1. The van der Waals surface area contributed by atoms with Gasteiger partial charge in [-0.05, 0) is 37.6 Å². The van der Waals surface area contributed by atoms with Gasteiger partial charge in [-0.15, -0.1) is 10.2 Å². The number of carbonyl (C=O) groups excluding carboxylic acids is 1. The van der Waals surface area contributed by atoms with Crippen LogP contribution in [0.3, 0.4) is 0 Å². The summed E-state index contributed by atoms with van der Waals surface area (Å²) in [5, 5.41) is 12.8. The maximum absolute atomic E-state index is 12.4. The van der Waals surface area contributed by atoms with Crippen molar-refractivity contribution in [3.05, 3.63) is 74.9 Å². The van der Waals surface area contributed by atoms with E-state index < -0.39 is 0 Å². The molecule has 1 N–H and O–H groups in total. The molecule has 4 rings (SSSR count). The molecule has 2 heterocycles. The molecule has 0 aliphatic carbocycles. The zero-order valence-electron chi connectivity index (χ0n) is 16.1. The number of amides is 1. The van der Waals surface area contributed by atoms with Crippen molar-refractivity contribution >= 4 is 33.3 Å². The molecule has 0 aliphatic rings. The van der Waals surface area contributed by atoms with Crippen molar-refractivity contribution in [2.45, 2.75) is 26.7 Å². The summed E-state index contributed by atoms with van der Waals surface area (Å²) in [6, 6.07) is 13.9. The Labute approximate surface area is 171 Å². The van der Waals surface area contributed by atoms with Gasteiger partial charge in [-0.2, -0.15) is 0 Å². The van der Waals surface area contributed by atoms with Crippen molar-refractivity contribution in [1.82, 2.24) is 10.2 Å². The number of benzene rings is 2. The summed E-state index contributed by atoms with van der Waals surface area (Å²) in [7, 11) is 0. The standard InChI is InChI=1S/C22H19N3O3S/c1-3-4-20-24-25-22(29-20)23-21(27)15-8-6-14(7-9-15)19-12-17(26)16-11-13(2)5-10-18(16)28-19/h5-12H,3-4H2,1-2H3,(H,23,25,27). The lowest BCUT2D eigenvalue weighted by molar-refractivity contribution is 0.102. The van der Waals surface area contributed by atoms with E-state index in [1.54, 1.807) is 30.3 Å². The highest BCUT2D eigenvalue weighted by molar-refractivity contribution is 7.15. The lowest BCUT2D eigenvalue weighted by Crippen LogP contribution is -2.11. The second-order valence-corrected chi connectivity index (χ2v) is 7.82. The van der Waals surface area contributed by atoms with E-state index in [1.807, 2.05) is 19.1 Å². The van der Waals surface area contributed by atoms with Crippen LogP contribution >= 0.6 is 11.3 Å². The number of anilines is 1. The molecule has 0 saturated carbocycles. The molecular weight excluding hydrogens is 386 g/mol. The number of rotatable bonds is 5. The molecule has 4 aromatic rings. The van der Waals surface area contributed by atoms with Gasteiger partial charge in [-0.3, -0.25) is 14.9 Å². The van der Waals surface area contributed by atoms with Crippen LogP contribution < -0.4 is 10.7 Å². The molecule has 146 valence electrons. The van der Waals surface area contributed by atoms with Gasteiger partial charge in [0.25, 0.3) is 5.91 Å². The highest BCUT2D eigenvalue weighted by Gasteiger charge is 2.12. The van der Waals surface area contributed by atoms with Gasteiger partial charge >= 0.3 is 0 Å². The van der Waals surface area contributed by atoms with E-state index in [9.17, 15) is 9.59 Å². The fourth-order valence-electron chi connectivity index (χ4n) is 2.99. The van der Waals surface area contributed by atoms with E-state index in [0.29, 0.717) is 27.4 Å². The van der Waals surface area contributed by atoms with Crippen LogP contribution in [-0.4, -0.2) is 16.1 Å². The first-order chi connectivity index (χ1) is 14.0. The Morgan fingerprint density at radius 1 is 1.10 bits per heavy atom. The molecule has 1 amide bonds. The maximum atomic E-state index is 12.4. The molecule has 0 fully saturated rings. The highest BCUT2D eigenvalue weighted by atomic mass is 32.1. The van der Waals surface area contributed by atoms with Crippen molar-refractivity contribution in [1.29, 1.82) is 0 Å². The van der Waals surface area contributed by atoms with E-state index in [2.05, 4.69) is 22.4 Å². The highest BCUT2D eigenvalue weighted by Crippen LogP contribution is 2.24. The van der Waals surface area contributed by atoms with Crippen LogP contribution in [0.4, 0.5) is 5.13 Å². The van der Waals surface area contributed by atoms with Crippen LogP contribution in [0.5, 0.6) is 0 Å². The normalized spacial score (nSPS) is 11.0. The van der Waals surface area contributed by atoms with Crippen molar-refractivity contribution < 1.29 is 9.21 Å². The molecule has 6 nitrogen and oxygen atoms in total. The Morgan fingerprint density at radius 2 is 1.90 bits per heavy atom. The van der Waals surface area contributed by atoms with Gasteiger partial charge in [0.15, 0.2) is 5.43 Å². The van der Waals surface area contributed by atoms with Gasteiger partial charge in [0, 0.05) is 23.6 Å². The predicted octanol–water partition coefficient (Wildman–Crippen LogP) is 4.82. The number of aryl methyl sites for hydroxylation is 2. The summed E-state index contributed by atoms with van der Waals surface area (Å²) < 4.78 is 5.89. The van der Waals surface area contributed by atoms with Gasteiger partial charge in [-0.25, -0.2) is 0 Å². The number of carbonyl (C=O) groups is 1. The first-order valence-electron chi connectivity index (χ1n) is 9.32. The Bertz CT molecular complexity index is 1240. The zero-order chi connectivity index (χ0) is 20.4. The van der Waals surface area contributed by atoms with Gasteiger partial charge in [0.1, 0.15) is 16.4 Å². The Hall–Kier alpha value is -3.32. The smallest absolute Gasteiger partial charge is 0.257 e. The van der Waals surface area contributed by atoms with Crippen LogP contribution in [0.2, 0.25) is 0 Å². The Morgan fingerprint density at radius 3 is 2.66 bits per heavy atom. The van der Waals surface area contributed by atoms with Gasteiger partial charge in [-0.1, -0.05) is 42.0 Å². The molecule has 0 unspecified atom stereocenters. The molecule has 2 aromatic heterocycles. The molecule has 0 radical (unpaired) electrons. The minimum atomic E-state index is -0.258. The molecule has 2 aromatic carbocycles. The third-order valence-electron chi connectivity index (χ3n) is 4.47. The second-order valence-electron chi connectivity index (χ2n) is 6.76. The van der Waals surface area contributed by atoms with Crippen LogP contribution in [0.1, 0.15) is 34.3 Å². The van der Waals surface area contributed by atoms with Gasteiger partial charge in [0.05, 0.1) is 5.39 Å². The number of nitrogens with zero attached hydrogens (tertiary/aromatic N) is 2. The fraction of sp³-hybridized carbons (Fsp3) is 0.182. The minimum Gasteiger partial charge on any atom is -0.456 e. The van der Waals surface area contributed by atoms with Crippen LogP contribution in [-0.2, 0) is 6.42 Å². The average molecular weight is 405 g/mol. The monoisotopic (exact) mass is 405 g/mol. The van der Waals surface area contributed by atoms with Crippen LogP contribution in [0.15, 0.2) is 57.7 Å². The van der Waals surface area contributed by atoms with Crippen molar-refractivity contribution in [2.75, 3.05) is 5.32 Å². The number of hydrogen-bond donors (Lipinski definition) is 1. The summed E-state index contributed by atoms with van der Waals surface area (Å²) in [6.07, 6.45) is 1.83. The van der Waals surface area contributed by atoms with Gasteiger partial charge in [0.2, 0.25) is 5.13 Å². The Kier molecular flexibility index (Phi) is 5.22. The quantitative estimate of drug-likeness (QED) is 0.514. The maximum Gasteiger partial charge on any atom is 0.257 e. The lowest BCUT2D eigenvalue weighted by atomic mass is 10.1. The largest absolute Gasteiger partial charge is 0.456 e. The average Bonchev–Trinajstić information content (AvgIpc) is 3.15. The van der Waals surface area contributed by atoms with E-state index >= 15 is 0 Å². The summed E-state index contributed by atoms with van der Waals surface area (Å²) in [5.74, 6) is 0.206. The summed E-state index contributed by atoms with van der Waals surface area (Å²) in [4.78, 5) is 24.9.